The topological polar surface area (TPSA) is 20.3 Å². The van der Waals surface area contributed by atoms with Crippen LogP contribution in [0.1, 0.15) is 5.56 Å². The normalized spacial score (nSPS) is 15.8. The summed E-state index contributed by atoms with van der Waals surface area (Å²) in [6, 6.07) is 5.69. The van der Waals surface area contributed by atoms with Crippen LogP contribution in [-0.2, 0) is 11.2 Å². The highest BCUT2D eigenvalue weighted by Crippen LogP contribution is 2.31. The van der Waals surface area contributed by atoms with E-state index in [1.54, 1.807) is 0 Å². The molecule has 0 unspecified atom stereocenters. The number of ketones is 1. The second-order valence-corrected chi connectivity index (χ2v) is 3.73. The van der Waals surface area contributed by atoms with Crippen LogP contribution in [0, 0.1) is 0 Å². The van der Waals surface area contributed by atoms with Crippen molar-refractivity contribution in [2.24, 2.45) is 0 Å². The van der Waals surface area contributed by atoms with Crippen molar-refractivity contribution in [3.63, 3.8) is 0 Å². The first-order chi connectivity index (χ1) is 6.18. The molecular weight excluding hydrogens is 186 g/mol. The van der Waals surface area contributed by atoms with Crippen LogP contribution in [0.15, 0.2) is 18.2 Å². The zero-order chi connectivity index (χ0) is 9.42. The van der Waals surface area contributed by atoms with Gasteiger partial charge in [0.15, 0.2) is 5.78 Å². The highest BCUT2D eigenvalue weighted by Gasteiger charge is 2.21. The number of para-hydroxylation sites is 1. The molecule has 1 aliphatic rings. The maximum absolute atomic E-state index is 11.3. The SMILES string of the molecule is CN1CC(=O)Cc2cccc(Cl)c21. The van der Waals surface area contributed by atoms with Crippen LogP contribution in [0.2, 0.25) is 5.02 Å². The number of anilines is 1. The quantitative estimate of drug-likeness (QED) is 0.630. The van der Waals surface area contributed by atoms with Crippen LogP contribution in [-0.4, -0.2) is 19.4 Å². The van der Waals surface area contributed by atoms with E-state index in [1.165, 1.54) is 0 Å². The molecule has 0 saturated carbocycles. The Kier molecular flexibility index (Phi) is 2.00. The first-order valence-corrected chi connectivity index (χ1v) is 4.56. The Morgan fingerprint density at radius 1 is 1.46 bits per heavy atom. The van der Waals surface area contributed by atoms with Gasteiger partial charge in [0.25, 0.3) is 0 Å². The molecule has 1 aliphatic heterocycles. The second-order valence-electron chi connectivity index (χ2n) is 3.32. The molecule has 0 radical (unpaired) electrons. The molecule has 0 N–H and O–H groups in total. The van der Waals surface area contributed by atoms with Crippen LogP contribution >= 0.6 is 11.6 Å². The molecule has 13 heavy (non-hydrogen) atoms. The van der Waals surface area contributed by atoms with Gasteiger partial charge in [0.2, 0.25) is 0 Å². The summed E-state index contributed by atoms with van der Waals surface area (Å²) in [6.45, 7) is 0.469. The second kappa shape index (κ2) is 3.04. The predicted molar refractivity (Wildman–Crippen MR) is 53.4 cm³/mol. The molecule has 3 heteroatoms. The van der Waals surface area contributed by atoms with E-state index in [0.29, 0.717) is 13.0 Å². The molecule has 0 atom stereocenters. The lowest BCUT2D eigenvalue weighted by molar-refractivity contribution is -0.117. The van der Waals surface area contributed by atoms with Crippen molar-refractivity contribution in [1.29, 1.82) is 0 Å². The fourth-order valence-electron chi connectivity index (χ4n) is 1.74. The summed E-state index contributed by atoms with van der Waals surface area (Å²) < 4.78 is 0. The van der Waals surface area contributed by atoms with Gasteiger partial charge in [-0.05, 0) is 11.6 Å². The Morgan fingerprint density at radius 3 is 3.00 bits per heavy atom. The molecule has 68 valence electrons. The number of fused-ring (bicyclic) bond motifs is 1. The van der Waals surface area contributed by atoms with Gasteiger partial charge in [-0.25, -0.2) is 0 Å². The van der Waals surface area contributed by atoms with Crippen molar-refractivity contribution in [3.05, 3.63) is 28.8 Å². The molecule has 2 rings (SSSR count). The number of Topliss-reactive ketones (excluding diaryl/α,β-unsaturated/α-hetero) is 1. The molecule has 0 aromatic heterocycles. The zero-order valence-electron chi connectivity index (χ0n) is 7.38. The van der Waals surface area contributed by atoms with Crippen LogP contribution in [0.5, 0.6) is 0 Å². The molecule has 1 heterocycles. The molecule has 0 bridgehead atoms. The van der Waals surface area contributed by atoms with Gasteiger partial charge in [-0.1, -0.05) is 23.7 Å². The van der Waals surface area contributed by atoms with Gasteiger partial charge in [0.1, 0.15) is 0 Å². The van der Waals surface area contributed by atoms with E-state index in [1.807, 2.05) is 30.1 Å². The van der Waals surface area contributed by atoms with Gasteiger partial charge in [0.05, 0.1) is 17.3 Å². The summed E-state index contributed by atoms with van der Waals surface area (Å²) in [5, 5.41) is 0.729. The number of likely N-dealkylation sites (N-methyl/N-ethyl adjacent to an activating group) is 1. The molecule has 0 saturated heterocycles. The Morgan fingerprint density at radius 2 is 2.23 bits per heavy atom. The lowest BCUT2D eigenvalue weighted by atomic mass is 10.0. The van der Waals surface area contributed by atoms with Crippen LogP contribution in [0.25, 0.3) is 0 Å². The maximum atomic E-state index is 11.3. The first kappa shape index (κ1) is 8.57. The minimum Gasteiger partial charge on any atom is -0.366 e. The number of hydrogen-bond donors (Lipinski definition) is 0. The third-order valence-corrected chi connectivity index (χ3v) is 2.56. The average molecular weight is 196 g/mol. The Labute approximate surface area is 82.1 Å². The summed E-state index contributed by atoms with van der Waals surface area (Å²) in [5.41, 5.74) is 2.04. The third-order valence-electron chi connectivity index (χ3n) is 2.25. The molecule has 0 amide bonds. The van der Waals surface area contributed by atoms with Gasteiger partial charge in [-0.2, -0.15) is 0 Å². The molecule has 0 fully saturated rings. The van der Waals surface area contributed by atoms with Crippen LogP contribution in [0.3, 0.4) is 0 Å². The molecule has 1 aromatic rings. The summed E-state index contributed by atoms with van der Waals surface area (Å²) in [5.74, 6) is 0.247. The summed E-state index contributed by atoms with van der Waals surface area (Å²) in [7, 11) is 1.89. The summed E-state index contributed by atoms with van der Waals surface area (Å²) in [4.78, 5) is 13.2. The minimum absolute atomic E-state index is 0.247. The standard InChI is InChI=1S/C10H10ClNO/c1-12-6-8(13)5-7-3-2-4-9(11)10(7)12/h2-4H,5-6H2,1H3. The van der Waals surface area contributed by atoms with Crippen molar-refractivity contribution >= 4 is 23.1 Å². The van der Waals surface area contributed by atoms with E-state index in [2.05, 4.69) is 0 Å². The van der Waals surface area contributed by atoms with E-state index < -0.39 is 0 Å². The van der Waals surface area contributed by atoms with E-state index in [0.717, 1.165) is 16.3 Å². The predicted octanol–water partition coefficient (Wildman–Crippen LogP) is 1.90. The van der Waals surface area contributed by atoms with Gasteiger partial charge in [-0.3, -0.25) is 4.79 Å². The fourth-order valence-corrected chi connectivity index (χ4v) is 2.08. The van der Waals surface area contributed by atoms with Gasteiger partial charge >= 0.3 is 0 Å². The monoisotopic (exact) mass is 195 g/mol. The number of nitrogens with zero attached hydrogens (tertiary/aromatic N) is 1. The largest absolute Gasteiger partial charge is 0.366 e. The molecular formula is C10H10ClNO. The lowest BCUT2D eigenvalue weighted by Gasteiger charge is -2.27. The molecule has 0 aliphatic carbocycles. The number of carbonyl (C=O) groups excluding carboxylic acids is 1. The smallest absolute Gasteiger partial charge is 0.156 e. The van der Waals surface area contributed by atoms with E-state index in [9.17, 15) is 4.79 Å². The number of hydrogen-bond acceptors (Lipinski definition) is 2. The lowest BCUT2D eigenvalue weighted by Crippen LogP contribution is -2.32. The van der Waals surface area contributed by atoms with Crippen molar-refractivity contribution in [1.82, 2.24) is 0 Å². The maximum Gasteiger partial charge on any atom is 0.156 e. The van der Waals surface area contributed by atoms with Gasteiger partial charge in [0, 0.05) is 13.5 Å². The van der Waals surface area contributed by atoms with Gasteiger partial charge < -0.3 is 4.90 Å². The van der Waals surface area contributed by atoms with Crippen molar-refractivity contribution in [2.75, 3.05) is 18.5 Å². The van der Waals surface area contributed by atoms with Crippen LogP contribution < -0.4 is 4.90 Å². The molecule has 2 nitrogen and oxygen atoms in total. The average Bonchev–Trinajstić information content (AvgIpc) is 2.02. The first-order valence-electron chi connectivity index (χ1n) is 4.18. The van der Waals surface area contributed by atoms with E-state index in [4.69, 9.17) is 11.6 Å². The van der Waals surface area contributed by atoms with Crippen molar-refractivity contribution in [3.8, 4) is 0 Å². The van der Waals surface area contributed by atoms with E-state index in [-0.39, 0.29) is 5.78 Å². The Hall–Kier alpha value is -1.02. The Bertz CT molecular complexity index is 362. The van der Waals surface area contributed by atoms with Crippen molar-refractivity contribution < 1.29 is 4.79 Å². The van der Waals surface area contributed by atoms with Gasteiger partial charge in [-0.15, -0.1) is 0 Å². The highest BCUT2D eigenvalue weighted by molar-refractivity contribution is 6.33. The highest BCUT2D eigenvalue weighted by atomic mass is 35.5. The fraction of sp³-hybridized carbons (Fsp3) is 0.300. The Balaban J connectivity index is 2.55. The summed E-state index contributed by atoms with van der Waals surface area (Å²) in [6.07, 6.45) is 0.514. The molecule has 1 aromatic carbocycles. The number of rotatable bonds is 0. The third kappa shape index (κ3) is 1.42. The molecule has 0 spiro atoms. The zero-order valence-corrected chi connectivity index (χ0v) is 8.14. The number of benzene rings is 1. The number of carbonyl (C=O) groups is 1. The van der Waals surface area contributed by atoms with E-state index >= 15 is 0 Å². The van der Waals surface area contributed by atoms with Crippen LogP contribution in [0.4, 0.5) is 5.69 Å². The number of halogens is 1. The summed E-state index contributed by atoms with van der Waals surface area (Å²) >= 11 is 6.03. The minimum atomic E-state index is 0.247. The van der Waals surface area contributed by atoms with Crippen molar-refractivity contribution in [2.45, 2.75) is 6.42 Å².